The smallest absolute Gasteiger partial charge is 0.228 e. The molecule has 1 aliphatic rings. The average Bonchev–Trinajstić information content (AvgIpc) is 3.43. The molecule has 2 aromatic heterocycles. The third-order valence-electron chi connectivity index (χ3n) is 4.54. The van der Waals surface area contributed by atoms with Crippen LogP contribution < -0.4 is 11.1 Å². The highest BCUT2D eigenvalue weighted by atomic mass is 16.5. The van der Waals surface area contributed by atoms with Crippen molar-refractivity contribution in [2.24, 2.45) is 23.7 Å². The van der Waals surface area contributed by atoms with Crippen LogP contribution in [0.2, 0.25) is 0 Å². The lowest BCUT2D eigenvalue weighted by molar-refractivity contribution is 0.289. The zero-order chi connectivity index (χ0) is 18.7. The number of rotatable bonds is 7. The highest BCUT2D eigenvalue weighted by Crippen LogP contribution is 2.30. The summed E-state index contributed by atoms with van der Waals surface area (Å²) >= 11 is 0. The molecule has 7 nitrogen and oxygen atoms in total. The zero-order valence-electron chi connectivity index (χ0n) is 15.5. The van der Waals surface area contributed by atoms with Gasteiger partial charge in [0.15, 0.2) is 5.88 Å². The molecule has 2 heterocycles. The molecule has 2 aromatic rings. The number of aryl methyl sites for hydroxylation is 1. The van der Waals surface area contributed by atoms with Gasteiger partial charge in [0.05, 0.1) is 31.6 Å². The molecule has 0 radical (unpaired) electrons. The Morgan fingerprint density at radius 2 is 2.19 bits per heavy atom. The van der Waals surface area contributed by atoms with E-state index in [0.29, 0.717) is 11.5 Å². The summed E-state index contributed by atoms with van der Waals surface area (Å²) in [5.74, 6) is 2.22. The fourth-order valence-corrected chi connectivity index (χ4v) is 2.89. The Bertz CT molecular complexity index is 877. The molecule has 7 heteroatoms. The maximum absolute atomic E-state index is 6.09. The fourth-order valence-electron chi connectivity index (χ4n) is 2.89. The number of nitrogens with zero attached hydrogens (tertiary/aromatic N) is 3. The van der Waals surface area contributed by atoms with Gasteiger partial charge in [0.25, 0.3) is 0 Å². The highest BCUT2D eigenvalue weighted by molar-refractivity contribution is 6.20. The molecule has 26 heavy (non-hydrogen) atoms. The average molecular weight is 355 g/mol. The molecule has 0 amide bonds. The molecule has 1 fully saturated rings. The second kappa shape index (κ2) is 7.51. The second-order valence-corrected chi connectivity index (χ2v) is 6.31. The van der Waals surface area contributed by atoms with Crippen molar-refractivity contribution < 1.29 is 9.47 Å². The highest BCUT2D eigenvalue weighted by Gasteiger charge is 2.22. The Kier molecular flexibility index (Phi) is 5.16. The largest absolute Gasteiger partial charge is 0.482 e. The molecule has 0 atom stereocenters. The number of pyridine rings is 1. The molecule has 1 aliphatic carbocycles. The second-order valence-electron chi connectivity index (χ2n) is 6.31. The number of fused-ring (bicyclic) bond motifs is 1. The first-order chi connectivity index (χ1) is 12.6. The summed E-state index contributed by atoms with van der Waals surface area (Å²) in [6, 6.07) is 4.07. The van der Waals surface area contributed by atoms with Crippen LogP contribution in [0.15, 0.2) is 42.0 Å². The topological polar surface area (TPSA) is 86.7 Å². The van der Waals surface area contributed by atoms with Gasteiger partial charge in [-0.15, -0.1) is 0 Å². The van der Waals surface area contributed by atoms with Crippen molar-refractivity contribution in [1.82, 2.24) is 9.55 Å². The molecule has 0 saturated heterocycles. The van der Waals surface area contributed by atoms with E-state index < -0.39 is 0 Å². The van der Waals surface area contributed by atoms with Crippen LogP contribution in [0.4, 0.5) is 5.82 Å². The van der Waals surface area contributed by atoms with Gasteiger partial charge in [0.2, 0.25) is 5.90 Å². The predicted octanol–water partition coefficient (Wildman–Crippen LogP) is 2.86. The Labute approximate surface area is 153 Å². The normalized spacial score (nSPS) is 15.6. The van der Waals surface area contributed by atoms with Gasteiger partial charge < -0.3 is 25.1 Å². The SMILES string of the molecule is C=C/N=C(OC)\C(=C(/N)OC)c1cc2cc(NCC3CC3)ncc2n1C. The summed E-state index contributed by atoms with van der Waals surface area (Å²) in [6.45, 7) is 4.60. The minimum Gasteiger partial charge on any atom is -0.482 e. The molecule has 0 aliphatic heterocycles. The summed E-state index contributed by atoms with van der Waals surface area (Å²) in [4.78, 5) is 8.69. The van der Waals surface area contributed by atoms with Gasteiger partial charge in [-0.05, 0) is 30.9 Å². The van der Waals surface area contributed by atoms with E-state index in [1.165, 1.54) is 33.3 Å². The van der Waals surface area contributed by atoms with Gasteiger partial charge in [-0.3, -0.25) is 0 Å². The van der Waals surface area contributed by atoms with Gasteiger partial charge in [0.1, 0.15) is 11.4 Å². The van der Waals surface area contributed by atoms with E-state index >= 15 is 0 Å². The van der Waals surface area contributed by atoms with Crippen molar-refractivity contribution in [3.8, 4) is 0 Å². The molecular weight excluding hydrogens is 330 g/mol. The number of anilines is 1. The molecule has 0 spiro atoms. The van der Waals surface area contributed by atoms with Crippen LogP contribution in [0.3, 0.4) is 0 Å². The Morgan fingerprint density at radius 1 is 1.42 bits per heavy atom. The van der Waals surface area contributed by atoms with Crippen LogP contribution in [0.25, 0.3) is 16.5 Å². The van der Waals surface area contributed by atoms with E-state index in [4.69, 9.17) is 15.2 Å². The third-order valence-corrected chi connectivity index (χ3v) is 4.54. The zero-order valence-corrected chi connectivity index (χ0v) is 15.5. The van der Waals surface area contributed by atoms with Crippen molar-refractivity contribution in [1.29, 1.82) is 0 Å². The van der Waals surface area contributed by atoms with E-state index in [2.05, 4.69) is 21.9 Å². The summed E-state index contributed by atoms with van der Waals surface area (Å²) in [7, 11) is 5.00. The third kappa shape index (κ3) is 3.51. The first-order valence-electron chi connectivity index (χ1n) is 8.55. The number of nitrogens with two attached hydrogens (primary N) is 1. The van der Waals surface area contributed by atoms with Crippen molar-refractivity contribution in [2.75, 3.05) is 26.1 Å². The van der Waals surface area contributed by atoms with Gasteiger partial charge in [0, 0.05) is 25.2 Å². The summed E-state index contributed by atoms with van der Waals surface area (Å²) in [5.41, 5.74) is 8.46. The van der Waals surface area contributed by atoms with E-state index in [1.54, 1.807) is 0 Å². The molecule has 0 aromatic carbocycles. The quantitative estimate of drug-likeness (QED) is 0.453. The molecule has 3 N–H and O–H groups in total. The number of ether oxygens (including phenoxy) is 2. The minimum atomic E-state index is 0.221. The van der Waals surface area contributed by atoms with E-state index in [0.717, 1.165) is 34.9 Å². The van der Waals surface area contributed by atoms with Gasteiger partial charge >= 0.3 is 0 Å². The van der Waals surface area contributed by atoms with Gasteiger partial charge in [-0.2, -0.15) is 0 Å². The predicted molar refractivity (Wildman–Crippen MR) is 105 cm³/mol. The van der Waals surface area contributed by atoms with Crippen LogP contribution >= 0.6 is 0 Å². The number of aliphatic imine (C=N–C) groups is 1. The number of hydrogen-bond donors (Lipinski definition) is 2. The Morgan fingerprint density at radius 3 is 2.81 bits per heavy atom. The van der Waals surface area contributed by atoms with Crippen LogP contribution in [0.5, 0.6) is 0 Å². The number of aromatic nitrogens is 2. The number of methoxy groups -OCH3 is 2. The van der Waals surface area contributed by atoms with Gasteiger partial charge in [-0.1, -0.05) is 6.58 Å². The lowest BCUT2D eigenvalue weighted by atomic mass is 10.1. The summed E-state index contributed by atoms with van der Waals surface area (Å²) < 4.78 is 12.7. The molecule has 0 unspecified atom stereocenters. The monoisotopic (exact) mass is 355 g/mol. The summed E-state index contributed by atoms with van der Waals surface area (Å²) in [6.07, 6.45) is 5.87. The maximum Gasteiger partial charge on any atom is 0.228 e. The van der Waals surface area contributed by atoms with Crippen molar-refractivity contribution in [2.45, 2.75) is 12.8 Å². The first-order valence-corrected chi connectivity index (χ1v) is 8.55. The van der Waals surface area contributed by atoms with Crippen LogP contribution in [-0.4, -0.2) is 36.2 Å². The van der Waals surface area contributed by atoms with Crippen LogP contribution in [0, 0.1) is 5.92 Å². The number of nitrogens with one attached hydrogen (secondary N) is 1. The molecule has 3 rings (SSSR count). The molecular formula is C19H25N5O2. The van der Waals surface area contributed by atoms with Crippen molar-refractivity contribution >= 4 is 28.2 Å². The lowest BCUT2D eigenvalue weighted by Crippen LogP contribution is -2.15. The Balaban J connectivity index is 2.05. The molecule has 1 saturated carbocycles. The van der Waals surface area contributed by atoms with Crippen LogP contribution in [-0.2, 0) is 16.5 Å². The van der Waals surface area contributed by atoms with Gasteiger partial charge in [-0.25, -0.2) is 9.98 Å². The van der Waals surface area contributed by atoms with Crippen molar-refractivity contribution in [3.63, 3.8) is 0 Å². The molecule has 138 valence electrons. The standard InChI is InChI=1S/C19H25N5O2/c1-5-21-19(26-4)17(18(20)25-3)14-8-13-9-16(22-10-12-6-7-12)23-11-15(13)24(14)2/h5,8-9,11-12H,1,6-7,10,20H2,2-4H3,(H,22,23)/b18-17+,21-19+. The van der Waals surface area contributed by atoms with E-state index in [9.17, 15) is 0 Å². The van der Waals surface area contributed by atoms with Crippen LogP contribution in [0.1, 0.15) is 18.5 Å². The minimum absolute atomic E-state index is 0.221. The first kappa shape index (κ1) is 17.8. The van der Waals surface area contributed by atoms with E-state index in [1.807, 2.05) is 29.9 Å². The van der Waals surface area contributed by atoms with E-state index in [-0.39, 0.29) is 5.88 Å². The number of hydrogen-bond acceptors (Lipinski definition) is 6. The maximum atomic E-state index is 6.09. The molecule has 0 bridgehead atoms. The fraction of sp³-hybridized carbons (Fsp3) is 0.368. The van der Waals surface area contributed by atoms with Crippen molar-refractivity contribution in [3.05, 3.63) is 42.7 Å². The lowest BCUT2D eigenvalue weighted by Gasteiger charge is -2.13. The summed E-state index contributed by atoms with van der Waals surface area (Å²) in [5, 5.41) is 4.45. The Hall–Kier alpha value is -2.96.